The zero-order valence-corrected chi connectivity index (χ0v) is 10.6. The minimum atomic E-state index is -0.559. The monoisotopic (exact) mass is 218 g/mol. The fourth-order valence-electron chi connectivity index (χ4n) is 2.75. The molecule has 1 heteroatoms. The van der Waals surface area contributed by atoms with Crippen molar-refractivity contribution in [1.29, 1.82) is 0 Å². The first-order chi connectivity index (χ1) is 7.55. The van der Waals surface area contributed by atoms with Gasteiger partial charge in [-0.3, -0.25) is 0 Å². The first kappa shape index (κ1) is 11.7. The lowest BCUT2D eigenvalue weighted by Gasteiger charge is -2.27. The van der Waals surface area contributed by atoms with E-state index < -0.39 is 5.60 Å². The standard InChI is InChI=1S/C15H22O/c1-4-11(2)10-15(16)8-7-13-6-5-12(3)9-14(13)15/h5-6,9,11,16H,4,7-8,10H2,1-3H3. The Labute approximate surface area is 98.5 Å². The molecule has 1 aromatic carbocycles. The maximum atomic E-state index is 10.8. The topological polar surface area (TPSA) is 20.2 Å². The predicted molar refractivity (Wildman–Crippen MR) is 67.5 cm³/mol. The van der Waals surface area contributed by atoms with Gasteiger partial charge in [0, 0.05) is 0 Å². The largest absolute Gasteiger partial charge is 0.385 e. The van der Waals surface area contributed by atoms with Crippen LogP contribution in [0.3, 0.4) is 0 Å². The van der Waals surface area contributed by atoms with Crippen molar-refractivity contribution >= 4 is 0 Å². The van der Waals surface area contributed by atoms with E-state index in [1.54, 1.807) is 0 Å². The Balaban J connectivity index is 2.30. The zero-order valence-electron chi connectivity index (χ0n) is 10.6. The second-order valence-corrected chi connectivity index (χ2v) is 5.41. The molecule has 0 bridgehead atoms. The van der Waals surface area contributed by atoms with Crippen LogP contribution in [0.1, 0.15) is 49.8 Å². The first-order valence-corrected chi connectivity index (χ1v) is 6.37. The lowest BCUT2D eigenvalue weighted by molar-refractivity contribution is 0.0145. The summed E-state index contributed by atoms with van der Waals surface area (Å²) < 4.78 is 0. The van der Waals surface area contributed by atoms with E-state index in [2.05, 4.69) is 39.0 Å². The molecule has 16 heavy (non-hydrogen) atoms. The van der Waals surface area contributed by atoms with Crippen molar-refractivity contribution in [3.63, 3.8) is 0 Å². The Hall–Kier alpha value is -0.820. The minimum Gasteiger partial charge on any atom is -0.385 e. The third kappa shape index (κ3) is 2.01. The molecule has 0 saturated carbocycles. The van der Waals surface area contributed by atoms with Crippen LogP contribution in [0, 0.1) is 12.8 Å². The van der Waals surface area contributed by atoms with E-state index in [1.807, 2.05) is 0 Å². The summed E-state index contributed by atoms with van der Waals surface area (Å²) in [6.45, 7) is 6.52. The number of hydrogen-bond acceptors (Lipinski definition) is 1. The number of hydrogen-bond donors (Lipinski definition) is 1. The predicted octanol–water partition coefficient (Wildman–Crippen LogP) is 3.57. The molecular weight excluding hydrogens is 196 g/mol. The molecule has 0 aliphatic heterocycles. The van der Waals surface area contributed by atoms with Crippen molar-refractivity contribution in [3.05, 3.63) is 34.9 Å². The fraction of sp³-hybridized carbons (Fsp3) is 0.600. The molecule has 1 nitrogen and oxygen atoms in total. The van der Waals surface area contributed by atoms with Gasteiger partial charge in [-0.25, -0.2) is 0 Å². The van der Waals surface area contributed by atoms with Gasteiger partial charge in [-0.15, -0.1) is 0 Å². The van der Waals surface area contributed by atoms with E-state index in [4.69, 9.17) is 0 Å². The Morgan fingerprint density at radius 3 is 2.88 bits per heavy atom. The smallest absolute Gasteiger partial charge is 0.0905 e. The van der Waals surface area contributed by atoms with Crippen LogP contribution in [0.15, 0.2) is 18.2 Å². The zero-order chi connectivity index (χ0) is 11.8. The van der Waals surface area contributed by atoms with Crippen LogP contribution in [0.5, 0.6) is 0 Å². The van der Waals surface area contributed by atoms with Gasteiger partial charge in [0.25, 0.3) is 0 Å². The van der Waals surface area contributed by atoms with E-state index >= 15 is 0 Å². The fourth-order valence-corrected chi connectivity index (χ4v) is 2.75. The molecule has 1 aliphatic rings. The third-order valence-corrected chi connectivity index (χ3v) is 3.96. The van der Waals surface area contributed by atoms with E-state index in [0.29, 0.717) is 5.92 Å². The summed E-state index contributed by atoms with van der Waals surface area (Å²) in [5, 5.41) is 10.8. The quantitative estimate of drug-likeness (QED) is 0.822. The molecule has 0 aromatic heterocycles. The molecule has 2 unspecified atom stereocenters. The molecule has 0 amide bonds. The van der Waals surface area contributed by atoms with Crippen molar-refractivity contribution in [2.45, 2.75) is 52.1 Å². The van der Waals surface area contributed by atoms with Crippen LogP contribution in [-0.2, 0) is 12.0 Å². The molecule has 0 radical (unpaired) electrons. The minimum absolute atomic E-state index is 0.559. The van der Waals surface area contributed by atoms with Crippen molar-refractivity contribution in [1.82, 2.24) is 0 Å². The van der Waals surface area contributed by atoms with Crippen molar-refractivity contribution < 1.29 is 5.11 Å². The lowest BCUT2D eigenvalue weighted by atomic mass is 9.85. The van der Waals surface area contributed by atoms with Crippen molar-refractivity contribution in [2.75, 3.05) is 0 Å². The highest BCUT2D eigenvalue weighted by molar-refractivity contribution is 5.39. The number of aliphatic hydroxyl groups is 1. The second-order valence-electron chi connectivity index (χ2n) is 5.41. The molecule has 2 rings (SSSR count). The maximum absolute atomic E-state index is 10.8. The average Bonchev–Trinajstić information content (AvgIpc) is 2.56. The maximum Gasteiger partial charge on any atom is 0.0905 e. The van der Waals surface area contributed by atoms with Gasteiger partial charge in [0.15, 0.2) is 0 Å². The van der Waals surface area contributed by atoms with Crippen LogP contribution in [0.4, 0.5) is 0 Å². The Kier molecular flexibility index (Phi) is 3.07. The van der Waals surface area contributed by atoms with E-state index in [0.717, 1.165) is 25.7 Å². The molecule has 0 fully saturated rings. The summed E-state index contributed by atoms with van der Waals surface area (Å²) in [7, 11) is 0. The highest BCUT2D eigenvalue weighted by Gasteiger charge is 2.37. The first-order valence-electron chi connectivity index (χ1n) is 6.37. The molecule has 2 atom stereocenters. The van der Waals surface area contributed by atoms with Crippen LogP contribution in [0.2, 0.25) is 0 Å². The van der Waals surface area contributed by atoms with E-state index in [-0.39, 0.29) is 0 Å². The van der Waals surface area contributed by atoms with Crippen molar-refractivity contribution in [2.24, 2.45) is 5.92 Å². The lowest BCUT2D eigenvalue weighted by Crippen LogP contribution is -2.25. The molecule has 1 aromatic rings. The normalized spacial score (nSPS) is 25.5. The van der Waals surface area contributed by atoms with Gasteiger partial charge < -0.3 is 5.11 Å². The molecule has 0 saturated heterocycles. The molecule has 1 N–H and O–H groups in total. The van der Waals surface area contributed by atoms with Gasteiger partial charge in [-0.2, -0.15) is 0 Å². The highest BCUT2D eigenvalue weighted by Crippen LogP contribution is 2.41. The van der Waals surface area contributed by atoms with Gasteiger partial charge in [-0.1, -0.05) is 44.0 Å². The summed E-state index contributed by atoms with van der Waals surface area (Å²) in [5.74, 6) is 0.594. The Bertz CT molecular complexity index is 383. The van der Waals surface area contributed by atoms with E-state index in [1.165, 1.54) is 16.7 Å². The molecule has 0 spiro atoms. The summed E-state index contributed by atoms with van der Waals surface area (Å²) >= 11 is 0. The number of aryl methyl sites for hydroxylation is 2. The SMILES string of the molecule is CCC(C)CC1(O)CCc2ccc(C)cc21. The molecule has 1 aliphatic carbocycles. The van der Waals surface area contributed by atoms with Gasteiger partial charge in [0.05, 0.1) is 5.60 Å². The van der Waals surface area contributed by atoms with E-state index in [9.17, 15) is 5.11 Å². The molecule has 88 valence electrons. The Morgan fingerprint density at radius 2 is 2.19 bits per heavy atom. The van der Waals surface area contributed by atoms with Crippen LogP contribution in [-0.4, -0.2) is 5.11 Å². The molecular formula is C15H22O. The summed E-state index contributed by atoms with van der Waals surface area (Å²) in [4.78, 5) is 0. The number of rotatable bonds is 3. The van der Waals surface area contributed by atoms with Crippen LogP contribution in [0.25, 0.3) is 0 Å². The summed E-state index contributed by atoms with van der Waals surface area (Å²) in [6.07, 6.45) is 3.97. The highest BCUT2D eigenvalue weighted by atomic mass is 16.3. The Morgan fingerprint density at radius 1 is 1.44 bits per heavy atom. The molecule has 0 heterocycles. The number of benzene rings is 1. The van der Waals surface area contributed by atoms with Crippen molar-refractivity contribution in [3.8, 4) is 0 Å². The third-order valence-electron chi connectivity index (χ3n) is 3.96. The van der Waals surface area contributed by atoms with Gasteiger partial charge in [-0.05, 0) is 43.2 Å². The number of fused-ring (bicyclic) bond motifs is 1. The summed E-state index contributed by atoms with van der Waals surface area (Å²) in [6, 6.07) is 6.50. The van der Waals surface area contributed by atoms with Crippen LogP contribution < -0.4 is 0 Å². The van der Waals surface area contributed by atoms with Gasteiger partial charge >= 0.3 is 0 Å². The average molecular weight is 218 g/mol. The summed E-state index contributed by atoms with van der Waals surface area (Å²) in [5.41, 5.74) is 3.23. The van der Waals surface area contributed by atoms with Crippen LogP contribution >= 0.6 is 0 Å². The van der Waals surface area contributed by atoms with Gasteiger partial charge in [0.2, 0.25) is 0 Å². The van der Waals surface area contributed by atoms with Gasteiger partial charge in [0.1, 0.15) is 0 Å². The second kappa shape index (κ2) is 4.21.